The van der Waals surface area contributed by atoms with Crippen LogP contribution in [0.3, 0.4) is 0 Å². The molecule has 0 spiro atoms. The number of nitrogens with two attached hydrogens (primary N) is 1. The number of benzene rings is 1. The molecule has 0 aromatic heterocycles. The van der Waals surface area contributed by atoms with E-state index in [1.807, 2.05) is 26.8 Å². The average Bonchev–Trinajstić information content (AvgIpc) is 2.14. The van der Waals surface area contributed by atoms with Gasteiger partial charge in [-0.25, -0.2) is 13.1 Å². The first kappa shape index (κ1) is 15.1. The second kappa shape index (κ2) is 5.38. The standard InChI is InChI=1S/C13H22N2O2S/c1-10-5-6-12(11(2)9-10)18(16,17)15-13(3,4)7-8-14/h5-6,9,15H,7-8,14H2,1-4H3. The zero-order valence-corrected chi connectivity index (χ0v) is 12.3. The van der Waals surface area contributed by atoms with Crippen molar-refractivity contribution in [1.29, 1.82) is 0 Å². The fraction of sp³-hybridized carbons (Fsp3) is 0.538. The van der Waals surface area contributed by atoms with E-state index in [-0.39, 0.29) is 0 Å². The van der Waals surface area contributed by atoms with Gasteiger partial charge in [0.15, 0.2) is 0 Å². The SMILES string of the molecule is Cc1ccc(S(=O)(=O)NC(C)(C)CCN)c(C)c1. The second-order valence-electron chi connectivity index (χ2n) is 5.30. The molecule has 0 saturated heterocycles. The predicted octanol–water partition coefficient (Wildman–Crippen LogP) is 1.71. The van der Waals surface area contributed by atoms with Crippen LogP contribution in [0, 0.1) is 13.8 Å². The van der Waals surface area contributed by atoms with Crippen molar-refractivity contribution in [2.45, 2.75) is 44.6 Å². The molecule has 0 unspecified atom stereocenters. The van der Waals surface area contributed by atoms with Gasteiger partial charge < -0.3 is 5.73 Å². The molecular weight excluding hydrogens is 248 g/mol. The third-order valence-corrected chi connectivity index (χ3v) is 4.66. The van der Waals surface area contributed by atoms with Gasteiger partial charge in [0.2, 0.25) is 10.0 Å². The number of hydrogen-bond donors (Lipinski definition) is 2. The van der Waals surface area contributed by atoms with E-state index in [0.29, 0.717) is 17.9 Å². The molecular formula is C13H22N2O2S. The maximum absolute atomic E-state index is 12.3. The summed E-state index contributed by atoms with van der Waals surface area (Å²) in [5, 5.41) is 0. The Morgan fingerprint density at radius 3 is 2.39 bits per heavy atom. The summed E-state index contributed by atoms with van der Waals surface area (Å²) in [6.07, 6.45) is 0.594. The highest BCUT2D eigenvalue weighted by Gasteiger charge is 2.26. The summed E-state index contributed by atoms with van der Waals surface area (Å²) in [7, 11) is -3.49. The fourth-order valence-corrected chi connectivity index (χ4v) is 3.60. The molecule has 0 amide bonds. The van der Waals surface area contributed by atoms with E-state index < -0.39 is 15.6 Å². The molecule has 0 aliphatic carbocycles. The van der Waals surface area contributed by atoms with Crippen LogP contribution in [0.4, 0.5) is 0 Å². The van der Waals surface area contributed by atoms with Crippen LogP contribution in [-0.4, -0.2) is 20.5 Å². The van der Waals surface area contributed by atoms with Gasteiger partial charge in [-0.05, 0) is 52.3 Å². The van der Waals surface area contributed by atoms with Crippen molar-refractivity contribution in [3.05, 3.63) is 29.3 Å². The Balaban J connectivity index is 3.07. The highest BCUT2D eigenvalue weighted by Crippen LogP contribution is 2.19. The van der Waals surface area contributed by atoms with E-state index in [2.05, 4.69) is 4.72 Å². The van der Waals surface area contributed by atoms with Gasteiger partial charge in [-0.1, -0.05) is 17.7 Å². The molecule has 18 heavy (non-hydrogen) atoms. The topological polar surface area (TPSA) is 72.2 Å². The lowest BCUT2D eigenvalue weighted by Crippen LogP contribution is -2.44. The third-order valence-electron chi connectivity index (χ3n) is 2.80. The van der Waals surface area contributed by atoms with Gasteiger partial charge in [0, 0.05) is 5.54 Å². The van der Waals surface area contributed by atoms with Crippen LogP contribution in [0.5, 0.6) is 0 Å². The van der Waals surface area contributed by atoms with Crippen molar-refractivity contribution in [3.8, 4) is 0 Å². The maximum atomic E-state index is 12.3. The van der Waals surface area contributed by atoms with E-state index in [1.165, 1.54) is 0 Å². The van der Waals surface area contributed by atoms with Crippen LogP contribution >= 0.6 is 0 Å². The van der Waals surface area contributed by atoms with Crippen molar-refractivity contribution >= 4 is 10.0 Å². The lowest BCUT2D eigenvalue weighted by atomic mass is 10.0. The van der Waals surface area contributed by atoms with Crippen molar-refractivity contribution < 1.29 is 8.42 Å². The molecule has 0 atom stereocenters. The molecule has 0 aliphatic heterocycles. The van der Waals surface area contributed by atoms with Crippen molar-refractivity contribution in [1.82, 2.24) is 4.72 Å². The lowest BCUT2D eigenvalue weighted by molar-refractivity contribution is 0.428. The minimum Gasteiger partial charge on any atom is -0.330 e. The molecule has 0 heterocycles. The van der Waals surface area contributed by atoms with Crippen LogP contribution in [-0.2, 0) is 10.0 Å². The van der Waals surface area contributed by atoms with Crippen molar-refractivity contribution in [2.24, 2.45) is 5.73 Å². The number of aryl methyl sites for hydroxylation is 2. The minimum atomic E-state index is -3.49. The van der Waals surface area contributed by atoms with Crippen LogP contribution in [0.1, 0.15) is 31.4 Å². The molecule has 102 valence electrons. The summed E-state index contributed by atoms with van der Waals surface area (Å²) < 4.78 is 27.3. The van der Waals surface area contributed by atoms with E-state index in [4.69, 9.17) is 5.73 Å². The van der Waals surface area contributed by atoms with Gasteiger partial charge >= 0.3 is 0 Å². The fourth-order valence-electron chi connectivity index (χ4n) is 1.93. The Kier molecular flexibility index (Phi) is 4.53. The number of hydrogen-bond acceptors (Lipinski definition) is 3. The molecule has 0 radical (unpaired) electrons. The first-order valence-corrected chi connectivity index (χ1v) is 7.47. The Labute approximate surface area is 110 Å². The molecule has 1 aromatic carbocycles. The van der Waals surface area contributed by atoms with Crippen LogP contribution in [0.25, 0.3) is 0 Å². The predicted molar refractivity (Wildman–Crippen MR) is 74.0 cm³/mol. The van der Waals surface area contributed by atoms with Crippen molar-refractivity contribution in [2.75, 3.05) is 6.54 Å². The van der Waals surface area contributed by atoms with Gasteiger partial charge in [0.1, 0.15) is 0 Å². The minimum absolute atomic E-state index is 0.332. The van der Waals surface area contributed by atoms with Gasteiger partial charge in [0.25, 0.3) is 0 Å². The smallest absolute Gasteiger partial charge is 0.241 e. The van der Waals surface area contributed by atoms with E-state index in [1.54, 1.807) is 19.1 Å². The summed E-state index contributed by atoms with van der Waals surface area (Å²) in [4.78, 5) is 0.332. The van der Waals surface area contributed by atoms with Crippen LogP contribution in [0.2, 0.25) is 0 Å². The highest BCUT2D eigenvalue weighted by molar-refractivity contribution is 7.89. The molecule has 4 nitrogen and oxygen atoms in total. The number of rotatable bonds is 5. The summed E-state index contributed by atoms with van der Waals surface area (Å²) in [5.41, 5.74) is 6.75. The normalized spacial score (nSPS) is 12.7. The van der Waals surface area contributed by atoms with Crippen LogP contribution in [0.15, 0.2) is 23.1 Å². The third kappa shape index (κ3) is 3.80. The highest BCUT2D eigenvalue weighted by atomic mass is 32.2. The Bertz CT molecular complexity index is 522. The average molecular weight is 270 g/mol. The van der Waals surface area contributed by atoms with Gasteiger partial charge in [-0.3, -0.25) is 0 Å². The zero-order chi connectivity index (χ0) is 14.0. The maximum Gasteiger partial charge on any atom is 0.241 e. The van der Waals surface area contributed by atoms with E-state index in [0.717, 1.165) is 11.1 Å². The molecule has 0 bridgehead atoms. The van der Waals surface area contributed by atoms with Crippen molar-refractivity contribution in [3.63, 3.8) is 0 Å². The second-order valence-corrected chi connectivity index (χ2v) is 6.95. The molecule has 1 aromatic rings. The lowest BCUT2D eigenvalue weighted by Gasteiger charge is -2.25. The molecule has 1 rings (SSSR count). The largest absolute Gasteiger partial charge is 0.330 e. The van der Waals surface area contributed by atoms with Gasteiger partial charge in [-0.15, -0.1) is 0 Å². The summed E-state index contributed by atoms with van der Waals surface area (Å²) >= 11 is 0. The molecule has 0 aliphatic rings. The van der Waals surface area contributed by atoms with Gasteiger partial charge in [-0.2, -0.15) is 0 Å². The van der Waals surface area contributed by atoms with E-state index >= 15 is 0 Å². The quantitative estimate of drug-likeness (QED) is 0.855. The number of nitrogens with one attached hydrogen (secondary N) is 1. The van der Waals surface area contributed by atoms with E-state index in [9.17, 15) is 8.42 Å². The Hall–Kier alpha value is -0.910. The van der Waals surface area contributed by atoms with Gasteiger partial charge in [0.05, 0.1) is 4.90 Å². The molecule has 0 saturated carbocycles. The first-order chi connectivity index (χ1) is 8.18. The zero-order valence-electron chi connectivity index (χ0n) is 11.4. The summed E-state index contributed by atoms with van der Waals surface area (Å²) in [6.45, 7) is 7.86. The Morgan fingerprint density at radius 1 is 1.28 bits per heavy atom. The summed E-state index contributed by atoms with van der Waals surface area (Å²) in [5.74, 6) is 0. The molecule has 0 fully saturated rings. The molecule has 5 heteroatoms. The monoisotopic (exact) mass is 270 g/mol. The Morgan fingerprint density at radius 2 is 1.89 bits per heavy atom. The number of sulfonamides is 1. The van der Waals surface area contributed by atoms with Crippen LogP contribution < -0.4 is 10.5 Å². The first-order valence-electron chi connectivity index (χ1n) is 5.99. The molecule has 3 N–H and O–H groups in total. The summed E-state index contributed by atoms with van der Waals surface area (Å²) in [6, 6.07) is 5.31.